The first-order chi connectivity index (χ1) is 6.75. The Bertz CT molecular complexity index is 408. The molecule has 0 unspecified atom stereocenters. The molecular formula is C8H2Cl6O. The van der Waals surface area contributed by atoms with Crippen molar-refractivity contribution in [3.05, 3.63) is 32.8 Å². The van der Waals surface area contributed by atoms with Crippen molar-refractivity contribution in [3.63, 3.8) is 0 Å². The van der Waals surface area contributed by atoms with Gasteiger partial charge < -0.3 is 0 Å². The number of benzene rings is 1. The second-order valence-electron chi connectivity index (χ2n) is 2.55. The Labute approximate surface area is 116 Å². The lowest BCUT2D eigenvalue weighted by Crippen LogP contribution is -2.19. The van der Waals surface area contributed by atoms with Crippen LogP contribution in [0.15, 0.2) is 12.1 Å². The second-order valence-corrected chi connectivity index (χ2v) is 5.99. The fourth-order valence-electron chi connectivity index (χ4n) is 0.854. The number of carbonyl (C=O) groups is 1. The van der Waals surface area contributed by atoms with Crippen LogP contribution in [0.2, 0.25) is 15.1 Å². The van der Waals surface area contributed by atoms with E-state index in [-0.39, 0.29) is 20.6 Å². The molecule has 0 N–H and O–H groups in total. The topological polar surface area (TPSA) is 17.1 Å². The van der Waals surface area contributed by atoms with Gasteiger partial charge in [-0.2, -0.15) is 0 Å². The van der Waals surface area contributed by atoms with E-state index in [4.69, 9.17) is 69.6 Å². The molecule has 1 nitrogen and oxygen atoms in total. The molecule has 0 heterocycles. The lowest BCUT2D eigenvalue weighted by atomic mass is 10.1. The van der Waals surface area contributed by atoms with Gasteiger partial charge in [-0.3, -0.25) is 4.79 Å². The van der Waals surface area contributed by atoms with Crippen molar-refractivity contribution in [1.29, 1.82) is 0 Å². The lowest BCUT2D eigenvalue weighted by molar-refractivity contribution is 0.0996. The zero-order valence-corrected chi connectivity index (χ0v) is 11.4. The molecule has 0 aliphatic rings. The molecule has 0 saturated carbocycles. The summed E-state index contributed by atoms with van der Waals surface area (Å²) in [7, 11) is 0. The summed E-state index contributed by atoms with van der Waals surface area (Å²) in [6, 6.07) is 2.75. The van der Waals surface area contributed by atoms with Gasteiger partial charge in [-0.15, -0.1) is 0 Å². The van der Waals surface area contributed by atoms with E-state index >= 15 is 0 Å². The zero-order chi connectivity index (χ0) is 11.8. The third-order valence-corrected chi connectivity index (χ3v) is 3.35. The van der Waals surface area contributed by atoms with Crippen LogP contribution in [-0.4, -0.2) is 9.58 Å². The van der Waals surface area contributed by atoms with Crippen LogP contribution in [0.4, 0.5) is 0 Å². The molecular weight excluding hydrogens is 325 g/mol. The highest BCUT2D eigenvalue weighted by atomic mass is 35.6. The van der Waals surface area contributed by atoms with Crippen LogP contribution >= 0.6 is 69.6 Å². The van der Waals surface area contributed by atoms with E-state index in [2.05, 4.69) is 0 Å². The molecule has 0 atom stereocenters. The molecule has 0 aromatic heterocycles. The highest BCUT2D eigenvalue weighted by Gasteiger charge is 2.33. The number of halogens is 6. The molecule has 7 heteroatoms. The average Bonchev–Trinajstić information content (AvgIpc) is 2.12. The molecule has 15 heavy (non-hydrogen) atoms. The van der Waals surface area contributed by atoms with Gasteiger partial charge in [0, 0.05) is 5.56 Å². The highest BCUT2D eigenvalue weighted by molar-refractivity contribution is 6.77. The summed E-state index contributed by atoms with van der Waals surface area (Å²) in [4.78, 5) is 11.6. The molecule has 0 saturated heterocycles. The van der Waals surface area contributed by atoms with E-state index in [0.29, 0.717) is 0 Å². The molecule has 0 aliphatic carbocycles. The first-order valence-corrected chi connectivity index (χ1v) is 5.77. The van der Waals surface area contributed by atoms with Crippen LogP contribution in [0, 0.1) is 0 Å². The standard InChI is InChI=1S/C8H2Cl6O/c9-4-2-1-3(5(10)6(4)11)7(15)8(12,13)14/h1-2H. The fraction of sp³-hybridized carbons (Fsp3) is 0.125. The van der Waals surface area contributed by atoms with E-state index in [1.165, 1.54) is 12.1 Å². The molecule has 0 amide bonds. The van der Waals surface area contributed by atoms with Gasteiger partial charge in [-0.1, -0.05) is 69.6 Å². The number of Topliss-reactive ketones (excluding diaryl/α,β-unsaturated/α-hetero) is 1. The summed E-state index contributed by atoms with van der Waals surface area (Å²) >= 11 is 33.5. The van der Waals surface area contributed by atoms with Crippen molar-refractivity contribution < 1.29 is 4.79 Å². The molecule has 1 aromatic carbocycles. The van der Waals surface area contributed by atoms with Gasteiger partial charge in [0.05, 0.1) is 15.1 Å². The average molecular weight is 327 g/mol. The van der Waals surface area contributed by atoms with Crippen LogP contribution in [0.25, 0.3) is 0 Å². The third-order valence-electron chi connectivity index (χ3n) is 1.54. The molecule has 1 rings (SSSR count). The van der Waals surface area contributed by atoms with E-state index in [1.807, 2.05) is 0 Å². The van der Waals surface area contributed by atoms with E-state index in [0.717, 1.165) is 0 Å². The molecule has 0 radical (unpaired) electrons. The van der Waals surface area contributed by atoms with Gasteiger partial charge in [0.25, 0.3) is 3.79 Å². The van der Waals surface area contributed by atoms with Gasteiger partial charge in [-0.25, -0.2) is 0 Å². The molecule has 0 fully saturated rings. The summed E-state index contributed by atoms with van der Waals surface area (Å²) < 4.78 is -2.07. The number of rotatable bonds is 1. The van der Waals surface area contributed by atoms with Crippen LogP contribution in [0.3, 0.4) is 0 Å². The minimum Gasteiger partial charge on any atom is -0.289 e. The number of hydrogen-bond acceptors (Lipinski definition) is 1. The SMILES string of the molecule is O=C(c1ccc(Cl)c(Cl)c1Cl)C(Cl)(Cl)Cl. The van der Waals surface area contributed by atoms with Gasteiger partial charge in [0.15, 0.2) is 0 Å². The first kappa shape index (κ1) is 13.7. The Hall–Kier alpha value is 0.630. The van der Waals surface area contributed by atoms with Crippen molar-refractivity contribution in [2.75, 3.05) is 0 Å². The minimum absolute atomic E-state index is 0.0195. The predicted molar refractivity (Wildman–Crippen MR) is 66.1 cm³/mol. The Morgan fingerprint density at radius 3 is 2.00 bits per heavy atom. The number of carbonyl (C=O) groups excluding carboxylic acids is 1. The van der Waals surface area contributed by atoms with Crippen molar-refractivity contribution in [1.82, 2.24) is 0 Å². The second kappa shape index (κ2) is 4.87. The Morgan fingerprint density at radius 1 is 1.00 bits per heavy atom. The first-order valence-electron chi connectivity index (χ1n) is 3.50. The smallest absolute Gasteiger partial charge is 0.253 e. The van der Waals surface area contributed by atoms with Crippen molar-refractivity contribution >= 4 is 75.4 Å². The largest absolute Gasteiger partial charge is 0.289 e. The number of hydrogen-bond donors (Lipinski definition) is 0. The van der Waals surface area contributed by atoms with E-state index in [9.17, 15) is 4.79 Å². The molecule has 82 valence electrons. The molecule has 0 spiro atoms. The maximum atomic E-state index is 11.6. The molecule has 1 aromatic rings. The van der Waals surface area contributed by atoms with Gasteiger partial charge in [0.1, 0.15) is 0 Å². The maximum absolute atomic E-state index is 11.6. The quantitative estimate of drug-likeness (QED) is 0.394. The maximum Gasteiger partial charge on any atom is 0.253 e. The summed E-state index contributed by atoms with van der Waals surface area (Å²) in [5, 5.41) is 0.251. The Morgan fingerprint density at radius 2 is 1.53 bits per heavy atom. The summed E-state index contributed by atoms with van der Waals surface area (Å²) in [5.41, 5.74) is 0.0195. The lowest BCUT2D eigenvalue weighted by Gasteiger charge is -2.11. The normalized spacial score (nSPS) is 11.6. The van der Waals surface area contributed by atoms with Crippen LogP contribution in [-0.2, 0) is 0 Å². The highest BCUT2D eigenvalue weighted by Crippen LogP contribution is 2.37. The van der Waals surface area contributed by atoms with Gasteiger partial charge in [-0.05, 0) is 12.1 Å². The van der Waals surface area contributed by atoms with E-state index in [1.54, 1.807) is 0 Å². The van der Waals surface area contributed by atoms with Crippen LogP contribution in [0.1, 0.15) is 10.4 Å². The minimum atomic E-state index is -2.07. The Kier molecular flexibility index (Phi) is 4.44. The molecule has 0 aliphatic heterocycles. The zero-order valence-electron chi connectivity index (χ0n) is 6.83. The van der Waals surface area contributed by atoms with Gasteiger partial charge in [0.2, 0.25) is 5.78 Å². The van der Waals surface area contributed by atoms with Crippen molar-refractivity contribution in [2.24, 2.45) is 0 Å². The van der Waals surface area contributed by atoms with E-state index < -0.39 is 9.58 Å². The number of alkyl halides is 3. The monoisotopic (exact) mass is 324 g/mol. The molecule has 0 bridgehead atoms. The van der Waals surface area contributed by atoms with Crippen LogP contribution in [0.5, 0.6) is 0 Å². The third kappa shape index (κ3) is 3.06. The van der Waals surface area contributed by atoms with Crippen LogP contribution < -0.4 is 0 Å². The van der Waals surface area contributed by atoms with Gasteiger partial charge >= 0.3 is 0 Å². The fourth-order valence-corrected chi connectivity index (χ4v) is 1.78. The summed E-state index contributed by atoms with van der Waals surface area (Å²) in [6.07, 6.45) is 0. The van der Waals surface area contributed by atoms with Crippen molar-refractivity contribution in [3.8, 4) is 0 Å². The Balaban J connectivity index is 3.29. The summed E-state index contributed by atoms with van der Waals surface area (Å²) in [5.74, 6) is -0.754. The van der Waals surface area contributed by atoms with Crippen molar-refractivity contribution in [2.45, 2.75) is 3.79 Å². The number of ketones is 1. The summed E-state index contributed by atoms with van der Waals surface area (Å²) in [6.45, 7) is 0. The predicted octanol–water partition coefficient (Wildman–Crippen LogP) is 5.20.